The van der Waals surface area contributed by atoms with Crippen molar-refractivity contribution in [2.45, 2.75) is 269 Å². The highest BCUT2D eigenvalue weighted by Gasteiger charge is 2.36. The first-order chi connectivity index (χ1) is 64.8. The Balaban J connectivity index is -0.000000841. The summed E-state index contributed by atoms with van der Waals surface area (Å²) in [5.41, 5.74) is 11.8. The van der Waals surface area contributed by atoms with Gasteiger partial charge < -0.3 is 129 Å². The molecule has 0 aliphatic carbocycles. The Morgan fingerprint density at radius 2 is 0.599 bits per heavy atom. The van der Waals surface area contributed by atoms with Gasteiger partial charge in [-0.3, -0.25) is 78.3 Å². The number of aliphatic carboxylic acids is 1. The molecule has 0 heterocycles. The topological polar surface area (TPSA) is 652 Å². The highest BCUT2D eigenvalue weighted by molar-refractivity contribution is 5.95. The first-order valence-electron chi connectivity index (χ1n) is 45.7. The number of halogens is 3. The first-order valence-corrected chi connectivity index (χ1v) is 45.7. The number of carboxylic acids is 1. The fraction of sp³-hybridized carbons (Fsp3) is 0.579. The molecule has 4 rings (SSSR count). The van der Waals surface area contributed by atoms with E-state index in [1.807, 2.05) is 46.8 Å². The third-order valence-electron chi connectivity index (χ3n) is 19.1. The summed E-state index contributed by atoms with van der Waals surface area (Å²) in [7, 11) is 12.7. The van der Waals surface area contributed by atoms with Crippen LogP contribution in [0, 0.1) is 0 Å². The molecule has 142 heavy (non-hydrogen) atoms. The predicted octanol–water partition coefficient (Wildman–Crippen LogP) is 2.58. The second-order valence-corrected chi connectivity index (χ2v) is 35.9. The summed E-state index contributed by atoms with van der Waals surface area (Å²) >= 11 is 0. The van der Waals surface area contributed by atoms with Crippen LogP contribution in [0.4, 0.5) is 14.4 Å². The molecule has 0 radical (unpaired) electrons. The van der Waals surface area contributed by atoms with Crippen molar-refractivity contribution in [3.8, 4) is 0 Å². The Labute approximate surface area is 851 Å². The molecule has 0 spiro atoms. The minimum Gasteiger partial charge on any atom is -0.480 e. The zero-order valence-electron chi connectivity index (χ0n) is 85.4. The average molecular weight is 2070 g/mol. The quantitative estimate of drug-likeness (QED) is 0.0223. The molecule has 0 aliphatic heterocycles. The van der Waals surface area contributed by atoms with Crippen molar-refractivity contribution < 1.29 is 127 Å². The summed E-state index contributed by atoms with van der Waals surface area (Å²) in [6, 6.07) is 27.6. The van der Waals surface area contributed by atoms with Crippen LogP contribution in [-0.4, -0.2) is 323 Å². The van der Waals surface area contributed by atoms with E-state index in [9.17, 15) is 107 Å². The van der Waals surface area contributed by atoms with Crippen LogP contribution in [-0.2, 0) is 76.5 Å². The lowest BCUT2D eigenvalue weighted by atomic mass is 10.1. The summed E-state index contributed by atoms with van der Waals surface area (Å²) < 4.78 is 15.4. The standard InChI is InChI=1S/2C23H36N4O6.C18H30N4O4.C18H28N4O4.C13H24N2O6.3ClH/c2*1-7-11-16(25-22(32)33-23(2,3)4)19(29)20(30)24-14-17(28)26-18(21(31)27(5)6)15-12-9-8-10-13-15;2*1-4-8-13(19)16(24)17(25)20-11-14(23)21-15(18(26)22(2)3)12-9-6-5-7-10-12;1-5-6-8(15-12(20)21-13(2,3)4)10(18)11(19)14-7-9(16)17;;;/h8-10,12-13,16,18,20,24,30H,7,11,14H2,1-6H3,(H,25,32)(H,26,28);8-10,12-13,16,18-19,29H,7,11,14H2,1-6H3,(H,24,30)(H,25,32)(H,26,28);5-7,9-10,13,15-17,20,24-25H,4,8,11,19H2,1-3H3,(H,21,23);5-7,9-10,13,15,17,20,25H,4,8,11,19H2,1-3H3,(H,21,23);8,10,18H,5-7H2,1-4H3,(H,14,19)(H,15,20)(H,16,17);3*1H/t16?,18-,20-;16?,18-,19?;13?,15-,16?,17-;13?,15-,17-;;;;/m0000..../s1. The number of aliphatic hydroxyl groups excluding tert-OH is 6. The highest BCUT2D eigenvalue weighted by Crippen LogP contribution is 2.21. The van der Waals surface area contributed by atoms with E-state index < -0.39 is 199 Å². The lowest BCUT2D eigenvalue weighted by Gasteiger charge is -2.26. The molecule has 44 nitrogen and oxygen atoms in total. The van der Waals surface area contributed by atoms with Crippen molar-refractivity contribution in [2.75, 3.05) is 89.1 Å². The van der Waals surface area contributed by atoms with E-state index in [-0.39, 0.29) is 80.4 Å². The van der Waals surface area contributed by atoms with Gasteiger partial charge in [0, 0.05) is 62.4 Å². The number of ether oxygens (including phenoxy) is 3. The summed E-state index contributed by atoms with van der Waals surface area (Å²) in [4.78, 5) is 199. The number of carboxylic acid groups (broad SMARTS) is 1. The van der Waals surface area contributed by atoms with Gasteiger partial charge in [-0.25, -0.2) is 14.4 Å². The molecule has 13 amide bonds. The first kappa shape index (κ1) is 137. The van der Waals surface area contributed by atoms with Crippen molar-refractivity contribution in [2.24, 2.45) is 11.5 Å². The number of Topliss-reactive ketones (excluding diaryl/α,β-unsaturated/α-hetero) is 2. The van der Waals surface area contributed by atoms with E-state index in [1.165, 1.54) is 19.6 Å². The number of ketones is 2. The van der Waals surface area contributed by atoms with Crippen molar-refractivity contribution in [3.63, 3.8) is 0 Å². The highest BCUT2D eigenvalue weighted by atomic mass is 35.5. The summed E-state index contributed by atoms with van der Waals surface area (Å²) in [6.07, 6.45) is -5.89. The molecule has 4 aromatic carbocycles. The molecule has 0 bridgehead atoms. The molecule has 804 valence electrons. The maximum Gasteiger partial charge on any atom is 0.408 e. The van der Waals surface area contributed by atoms with Gasteiger partial charge >= 0.3 is 24.2 Å². The number of hydrogen-bond acceptors (Lipinski definition) is 30. The second-order valence-electron chi connectivity index (χ2n) is 35.9. The molecule has 0 aromatic heterocycles. The number of carbonyl (C=O) groups is 16. The number of nitrogens with one attached hydrogen (secondary N) is 12. The maximum absolute atomic E-state index is 12.6. The zero-order valence-corrected chi connectivity index (χ0v) is 87.8. The molecular formula is C95H157Cl3N18O26. The van der Waals surface area contributed by atoms with Crippen LogP contribution in [0.5, 0.6) is 0 Å². The number of nitrogens with two attached hydrogens (primary N) is 2. The smallest absolute Gasteiger partial charge is 0.408 e. The molecule has 0 aliphatic rings. The molecular weight excluding hydrogens is 1920 g/mol. The van der Waals surface area contributed by atoms with Gasteiger partial charge in [-0.2, -0.15) is 0 Å². The number of hydrogen-bond donors (Lipinski definition) is 21. The number of rotatable bonds is 48. The Hall–Kier alpha value is -11.4. The van der Waals surface area contributed by atoms with Crippen molar-refractivity contribution >= 4 is 132 Å². The monoisotopic (exact) mass is 2070 g/mol. The van der Waals surface area contributed by atoms with E-state index >= 15 is 0 Å². The second kappa shape index (κ2) is 71.1. The van der Waals surface area contributed by atoms with Crippen LogP contribution in [0.1, 0.15) is 208 Å². The predicted molar refractivity (Wildman–Crippen MR) is 540 cm³/mol. The lowest BCUT2D eigenvalue weighted by molar-refractivity contribution is -0.140. The van der Waals surface area contributed by atoms with Gasteiger partial charge in [-0.05, 0) is 117 Å². The van der Waals surface area contributed by atoms with Crippen LogP contribution >= 0.6 is 37.2 Å². The Kier molecular flexibility index (Phi) is 68.6. The van der Waals surface area contributed by atoms with Crippen LogP contribution in [0.3, 0.4) is 0 Å². The summed E-state index contributed by atoms with van der Waals surface area (Å²) in [6.45, 7) is 22.5. The van der Waals surface area contributed by atoms with Crippen molar-refractivity contribution in [3.05, 3.63) is 144 Å². The van der Waals surface area contributed by atoms with Gasteiger partial charge in [-0.15, -0.1) is 37.2 Å². The third-order valence-corrected chi connectivity index (χ3v) is 19.1. The largest absolute Gasteiger partial charge is 0.480 e. The van der Waals surface area contributed by atoms with Crippen LogP contribution < -0.4 is 75.3 Å². The lowest BCUT2D eigenvalue weighted by Crippen LogP contribution is -2.53. The van der Waals surface area contributed by atoms with E-state index in [0.717, 1.165) is 6.42 Å². The van der Waals surface area contributed by atoms with Crippen LogP contribution in [0.2, 0.25) is 0 Å². The number of amides is 13. The van der Waals surface area contributed by atoms with E-state index in [2.05, 4.69) is 63.8 Å². The Morgan fingerprint density at radius 3 is 0.866 bits per heavy atom. The third kappa shape index (κ3) is 57.1. The normalized spacial score (nSPS) is 14.0. The van der Waals surface area contributed by atoms with Gasteiger partial charge in [0.05, 0.1) is 50.3 Å². The molecule has 4 aromatic rings. The van der Waals surface area contributed by atoms with Crippen LogP contribution in [0.15, 0.2) is 121 Å². The summed E-state index contributed by atoms with van der Waals surface area (Å²) in [5, 5.41) is 98.4. The molecule has 23 N–H and O–H groups in total. The number of aliphatic hydroxyl groups is 6. The number of likely N-dealkylation sites (N-methyl/N-ethyl adjacent to an activating group) is 4. The number of benzene rings is 4. The summed E-state index contributed by atoms with van der Waals surface area (Å²) in [5.74, 6) is -7.56. The number of carbonyl (C=O) groups excluding carboxylic acids is 15. The number of nitrogens with zero attached hydrogens (tertiary/aromatic N) is 4. The van der Waals surface area contributed by atoms with Crippen molar-refractivity contribution in [1.29, 1.82) is 0 Å². The maximum atomic E-state index is 12.6. The number of alkyl carbamates (subject to hydrolysis) is 3. The van der Waals surface area contributed by atoms with Crippen molar-refractivity contribution in [1.82, 2.24) is 83.4 Å². The Morgan fingerprint density at radius 1 is 0.338 bits per heavy atom. The molecule has 0 saturated heterocycles. The van der Waals surface area contributed by atoms with Gasteiger partial charge in [0.15, 0.2) is 36.2 Å². The molecule has 8 unspecified atom stereocenters. The molecule has 0 fully saturated rings. The minimum absolute atomic E-state index is 0. The molecule has 15 atom stereocenters. The Bertz CT molecular complexity index is 4450. The zero-order chi connectivity index (χ0) is 106. The van der Waals surface area contributed by atoms with Crippen LogP contribution in [0.25, 0.3) is 0 Å². The van der Waals surface area contributed by atoms with Gasteiger partial charge in [-0.1, -0.05) is 188 Å². The van der Waals surface area contributed by atoms with Gasteiger partial charge in [0.1, 0.15) is 59.8 Å². The molecule has 0 saturated carbocycles. The van der Waals surface area contributed by atoms with E-state index in [1.54, 1.807) is 228 Å². The van der Waals surface area contributed by atoms with E-state index in [0.29, 0.717) is 73.6 Å². The SMILES string of the molecule is CCCC(N)C(=O)[C@H](O)NCC(=O)N[C@H](C(=O)N(C)C)c1ccccc1.CCCC(N)C(O)[C@H](O)NCC(=O)N[C@H](C(=O)N(C)C)c1ccccc1.CCCC(NC(=O)OC(C)(C)C)C(=O)[C@H](O)NCC(=O)N[C@H](C(=O)N(C)C)c1ccccc1.CCCC(NC(=O)OC(C)(C)C)C(O)C(=O)NCC(=O)N[C@H](C(=O)N(C)C)c1ccccc1.CCCC(NC(=O)OC(C)(C)C)C(O)C(=O)NCC(=O)O.Cl.Cl.Cl. The fourth-order valence-corrected chi connectivity index (χ4v) is 12.2. The average Bonchev–Trinajstić information content (AvgIpc) is 0.855. The van der Waals surface area contributed by atoms with E-state index in [4.69, 9.17) is 30.8 Å². The fourth-order valence-electron chi connectivity index (χ4n) is 12.2. The van der Waals surface area contributed by atoms with Gasteiger partial charge in [0.2, 0.25) is 47.3 Å². The minimum atomic E-state index is -1.69. The molecule has 47 heteroatoms. The van der Waals surface area contributed by atoms with Gasteiger partial charge in [0.25, 0.3) is 11.8 Å².